The lowest BCUT2D eigenvalue weighted by molar-refractivity contribution is 0.215. The lowest BCUT2D eigenvalue weighted by Crippen LogP contribution is -2.40. The topological polar surface area (TPSA) is 12.0 Å². The van der Waals surface area contributed by atoms with Crippen LogP contribution in [0, 0.1) is 23.5 Å². The van der Waals surface area contributed by atoms with Crippen LogP contribution in [0.3, 0.4) is 0 Å². The van der Waals surface area contributed by atoms with Crippen LogP contribution in [0.5, 0.6) is 0 Å². The molecular formula is C16H23F2N. The fourth-order valence-corrected chi connectivity index (χ4v) is 3.18. The number of hydrogen-bond acceptors (Lipinski definition) is 1. The van der Waals surface area contributed by atoms with Crippen molar-refractivity contribution in [2.75, 3.05) is 0 Å². The van der Waals surface area contributed by atoms with Gasteiger partial charge in [-0.1, -0.05) is 19.9 Å². The van der Waals surface area contributed by atoms with Crippen molar-refractivity contribution >= 4 is 0 Å². The molecule has 0 aliphatic heterocycles. The molecule has 0 radical (unpaired) electrons. The van der Waals surface area contributed by atoms with Crippen molar-refractivity contribution in [1.82, 2.24) is 5.32 Å². The molecule has 1 nitrogen and oxygen atoms in total. The first-order chi connectivity index (χ1) is 8.97. The van der Waals surface area contributed by atoms with Crippen molar-refractivity contribution in [3.8, 4) is 0 Å². The molecule has 106 valence electrons. The Kier molecular flexibility index (Phi) is 4.56. The summed E-state index contributed by atoms with van der Waals surface area (Å²) < 4.78 is 26.6. The summed E-state index contributed by atoms with van der Waals surface area (Å²) in [5.41, 5.74) is 0.548. The Labute approximate surface area is 114 Å². The Bertz CT molecular complexity index is 433. The summed E-state index contributed by atoms with van der Waals surface area (Å²) >= 11 is 0. The van der Waals surface area contributed by atoms with E-state index in [9.17, 15) is 8.78 Å². The largest absolute Gasteiger partial charge is 0.307 e. The first kappa shape index (κ1) is 14.4. The Morgan fingerprint density at radius 1 is 1.21 bits per heavy atom. The summed E-state index contributed by atoms with van der Waals surface area (Å²) in [5.74, 6) is 0.408. The molecule has 0 heterocycles. The number of hydrogen-bond donors (Lipinski definition) is 1. The highest BCUT2D eigenvalue weighted by atomic mass is 19.1. The maximum Gasteiger partial charge on any atom is 0.130 e. The number of halogens is 2. The maximum atomic E-state index is 13.7. The lowest BCUT2D eigenvalue weighted by Gasteiger charge is -2.35. The number of rotatable bonds is 3. The van der Waals surface area contributed by atoms with Gasteiger partial charge >= 0.3 is 0 Å². The van der Waals surface area contributed by atoms with Crippen LogP contribution < -0.4 is 5.32 Å². The van der Waals surface area contributed by atoms with Gasteiger partial charge in [-0.2, -0.15) is 0 Å². The Hall–Kier alpha value is -0.960. The third-order valence-corrected chi connectivity index (χ3v) is 4.32. The molecule has 0 aromatic heterocycles. The molecule has 1 fully saturated rings. The SMILES string of the molecule is CC1CCC(NC(C)c2ccc(F)cc2F)C(C)C1. The molecule has 4 atom stereocenters. The van der Waals surface area contributed by atoms with Gasteiger partial charge in [0.05, 0.1) is 0 Å². The molecule has 1 aromatic rings. The summed E-state index contributed by atoms with van der Waals surface area (Å²) in [4.78, 5) is 0. The van der Waals surface area contributed by atoms with Gasteiger partial charge < -0.3 is 5.32 Å². The van der Waals surface area contributed by atoms with Crippen LogP contribution in [0.1, 0.15) is 51.6 Å². The van der Waals surface area contributed by atoms with Crippen LogP contribution in [-0.2, 0) is 0 Å². The van der Waals surface area contributed by atoms with Gasteiger partial charge in [-0.25, -0.2) is 8.78 Å². The summed E-state index contributed by atoms with van der Waals surface area (Å²) in [6, 6.07) is 4.17. The Morgan fingerprint density at radius 3 is 2.58 bits per heavy atom. The lowest BCUT2D eigenvalue weighted by atomic mass is 9.79. The van der Waals surface area contributed by atoms with E-state index >= 15 is 0 Å². The van der Waals surface area contributed by atoms with E-state index in [1.807, 2.05) is 6.92 Å². The van der Waals surface area contributed by atoms with E-state index in [-0.39, 0.29) is 6.04 Å². The minimum atomic E-state index is -0.520. The normalized spacial score (nSPS) is 29.2. The standard InChI is InChI=1S/C16H23F2N/c1-10-4-7-16(11(2)8-10)19-12(3)14-6-5-13(17)9-15(14)18/h5-6,9-12,16,19H,4,7-8H2,1-3H3. The van der Waals surface area contributed by atoms with E-state index in [1.165, 1.54) is 18.9 Å². The third kappa shape index (κ3) is 3.53. The van der Waals surface area contributed by atoms with Gasteiger partial charge in [0.15, 0.2) is 0 Å². The van der Waals surface area contributed by atoms with Gasteiger partial charge in [0.25, 0.3) is 0 Å². The van der Waals surface area contributed by atoms with E-state index in [4.69, 9.17) is 0 Å². The van der Waals surface area contributed by atoms with Crippen LogP contribution in [0.25, 0.3) is 0 Å². The van der Waals surface area contributed by atoms with Crippen LogP contribution in [0.4, 0.5) is 8.78 Å². The molecular weight excluding hydrogens is 244 g/mol. The molecule has 0 amide bonds. The third-order valence-electron chi connectivity index (χ3n) is 4.32. The van der Waals surface area contributed by atoms with Crippen molar-refractivity contribution in [3.63, 3.8) is 0 Å². The second-order valence-corrected chi connectivity index (χ2v) is 6.06. The zero-order valence-corrected chi connectivity index (χ0v) is 11.9. The Balaban J connectivity index is 2.02. The number of nitrogens with one attached hydrogen (secondary N) is 1. The molecule has 0 spiro atoms. The van der Waals surface area contributed by atoms with Crippen molar-refractivity contribution in [2.24, 2.45) is 11.8 Å². The number of benzene rings is 1. The fourth-order valence-electron chi connectivity index (χ4n) is 3.18. The first-order valence-corrected chi connectivity index (χ1v) is 7.18. The zero-order chi connectivity index (χ0) is 14.0. The van der Waals surface area contributed by atoms with E-state index in [2.05, 4.69) is 19.2 Å². The highest BCUT2D eigenvalue weighted by molar-refractivity contribution is 5.21. The van der Waals surface area contributed by atoms with Crippen molar-refractivity contribution in [2.45, 2.75) is 52.1 Å². The fraction of sp³-hybridized carbons (Fsp3) is 0.625. The summed E-state index contributed by atoms with van der Waals surface area (Å²) in [6.45, 7) is 6.48. The van der Waals surface area contributed by atoms with Gasteiger partial charge in [0.2, 0.25) is 0 Å². The molecule has 1 aliphatic rings. The molecule has 0 saturated heterocycles. The molecule has 3 heteroatoms. The molecule has 0 bridgehead atoms. The summed E-state index contributed by atoms with van der Waals surface area (Å²) in [6.07, 6.45) is 3.58. The first-order valence-electron chi connectivity index (χ1n) is 7.18. The van der Waals surface area contributed by atoms with E-state index in [1.54, 1.807) is 6.07 Å². The average molecular weight is 267 g/mol. The molecule has 1 aliphatic carbocycles. The van der Waals surface area contributed by atoms with Gasteiger partial charge in [0, 0.05) is 23.7 Å². The molecule has 4 unspecified atom stereocenters. The second-order valence-electron chi connectivity index (χ2n) is 6.06. The average Bonchev–Trinajstić information content (AvgIpc) is 2.32. The predicted octanol–water partition coefficient (Wildman–Crippen LogP) is 4.44. The highest BCUT2D eigenvalue weighted by Crippen LogP contribution is 2.30. The van der Waals surface area contributed by atoms with Crippen LogP contribution in [-0.4, -0.2) is 6.04 Å². The second kappa shape index (κ2) is 6.00. The van der Waals surface area contributed by atoms with Gasteiger partial charge in [-0.05, 0) is 44.1 Å². The van der Waals surface area contributed by atoms with Crippen LogP contribution in [0.15, 0.2) is 18.2 Å². The maximum absolute atomic E-state index is 13.7. The summed E-state index contributed by atoms with van der Waals surface area (Å²) in [7, 11) is 0. The van der Waals surface area contributed by atoms with Crippen LogP contribution in [0.2, 0.25) is 0 Å². The molecule has 1 aromatic carbocycles. The van der Waals surface area contributed by atoms with Gasteiger partial charge in [-0.3, -0.25) is 0 Å². The van der Waals surface area contributed by atoms with Crippen molar-refractivity contribution < 1.29 is 8.78 Å². The quantitative estimate of drug-likeness (QED) is 0.853. The minimum Gasteiger partial charge on any atom is -0.307 e. The van der Waals surface area contributed by atoms with E-state index in [0.717, 1.165) is 18.4 Å². The molecule has 1 saturated carbocycles. The van der Waals surface area contributed by atoms with Crippen molar-refractivity contribution in [1.29, 1.82) is 0 Å². The highest BCUT2D eigenvalue weighted by Gasteiger charge is 2.26. The van der Waals surface area contributed by atoms with Gasteiger partial charge in [0.1, 0.15) is 11.6 Å². The van der Waals surface area contributed by atoms with E-state index in [0.29, 0.717) is 17.5 Å². The monoisotopic (exact) mass is 267 g/mol. The Morgan fingerprint density at radius 2 is 1.95 bits per heavy atom. The van der Waals surface area contributed by atoms with Crippen LogP contribution >= 0.6 is 0 Å². The molecule has 1 N–H and O–H groups in total. The summed E-state index contributed by atoms with van der Waals surface area (Å²) in [5, 5.41) is 3.50. The molecule has 19 heavy (non-hydrogen) atoms. The van der Waals surface area contributed by atoms with Crippen molar-refractivity contribution in [3.05, 3.63) is 35.4 Å². The van der Waals surface area contributed by atoms with Gasteiger partial charge in [-0.15, -0.1) is 0 Å². The smallest absolute Gasteiger partial charge is 0.130 e. The van der Waals surface area contributed by atoms with E-state index < -0.39 is 11.6 Å². The zero-order valence-electron chi connectivity index (χ0n) is 11.9. The predicted molar refractivity (Wildman–Crippen MR) is 73.9 cm³/mol. The minimum absolute atomic E-state index is 0.0820. The molecule has 2 rings (SSSR count).